The van der Waals surface area contributed by atoms with Crippen LogP contribution in [0.25, 0.3) is 22.6 Å². The first-order chi connectivity index (χ1) is 15.9. The fourth-order valence-electron chi connectivity index (χ4n) is 4.02. The quantitative estimate of drug-likeness (QED) is 0.358. The number of carbonyl (C=O) groups excluding carboxylic acids is 2. The van der Waals surface area contributed by atoms with E-state index in [4.69, 9.17) is 20.7 Å². The number of hydrogen-bond donors (Lipinski definition) is 1. The number of rotatable bonds is 5. The van der Waals surface area contributed by atoms with Crippen LogP contribution in [-0.4, -0.2) is 23.3 Å². The molecule has 1 aliphatic carbocycles. The number of benzene rings is 2. The number of carbonyl (C=O) groups is 2. The molecule has 0 radical (unpaired) electrons. The van der Waals surface area contributed by atoms with Crippen molar-refractivity contribution in [3.8, 4) is 6.07 Å². The number of pyridine rings is 1. The molecule has 0 saturated carbocycles. The maximum Gasteiger partial charge on any atom is 0.339 e. The second-order valence-electron chi connectivity index (χ2n) is 8.08. The molecule has 3 aromatic rings. The molecule has 4 rings (SSSR count). The normalized spacial score (nSPS) is 14.5. The highest BCUT2D eigenvalue weighted by Gasteiger charge is 2.28. The molecule has 0 unspecified atom stereocenters. The molecule has 0 bridgehead atoms. The van der Waals surface area contributed by atoms with E-state index in [0.29, 0.717) is 22.9 Å². The minimum atomic E-state index is -0.624. The third kappa shape index (κ3) is 4.39. The topological polar surface area (TPSA) is 106 Å². The van der Waals surface area contributed by atoms with Crippen LogP contribution in [0.3, 0.4) is 0 Å². The predicted octanol–water partition coefficient (Wildman–Crippen LogP) is 4.51. The molecule has 2 aromatic carbocycles. The average molecular weight is 437 g/mol. The fourth-order valence-corrected chi connectivity index (χ4v) is 4.02. The standard InChI is InChI=1S/C27H23N3O3/c1-16-7-9-18(10-8-16)13-19-11-12-21-25(20-5-3-4-6-23(20)30-26(19)21)27(32)33-15-24(31)22(14-28)17(2)29/h3-10,13H,11-12,15,29H2,1-2H3/b19-13-,22-17-. The highest BCUT2D eigenvalue weighted by Crippen LogP contribution is 2.37. The van der Waals surface area contributed by atoms with Gasteiger partial charge in [-0.2, -0.15) is 5.26 Å². The van der Waals surface area contributed by atoms with Gasteiger partial charge in [0.15, 0.2) is 6.61 Å². The van der Waals surface area contributed by atoms with Gasteiger partial charge in [0.25, 0.3) is 0 Å². The van der Waals surface area contributed by atoms with Crippen molar-refractivity contribution in [3.05, 3.63) is 87.7 Å². The molecule has 6 heteroatoms. The van der Waals surface area contributed by atoms with Crippen LogP contribution in [0.4, 0.5) is 0 Å². The van der Waals surface area contributed by atoms with Gasteiger partial charge in [-0.25, -0.2) is 9.78 Å². The average Bonchev–Trinajstić information content (AvgIpc) is 3.19. The second-order valence-corrected chi connectivity index (χ2v) is 8.08. The molecular formula is C27H23N3O3. The molecule has 0 aliphatic heterocycles. The number of para-hydroxylation sites is 1. The Morgan fingerprint density at radius 1 is 1.15 bits per heavy atom. The number of nitrogens with zero attached hydrogens (tertiary/aromatic N) is 2. The summed E-state index contributed by atoms with van der Waals surface area (Å²) in [4.78, 5) is 30.3. The molecule has 0 fully saturated rings. The molecule has 0 spiro atoms. The van der Waals surface area contributed by atoms with E-state index in [1.54, 1.807) is 6.07 Å². The Morgan fingerprint density at radius 3 is 2.58 bits per heavy atom. The third-order valence-corrected chi connectivity index (χ3v) is 5.68. The minimum Gasteiger partial charge on any atom is -0.454 e. The van der Waals surface area contributed by atoms with E-state index in [9.17, 15) is 9.59 Å². The monoisotopic (exact) mass is 437 g/mol. The number of esters is 1. The molecule has 164 valence electrons. The Kier molecular flexibility index (Phi) is 6.05. The SMILES string of the molecule is C/C(N)=C(\C#N)C(=O)COC(=O)c1c2c(nc3ccccc13)/C(=C\c1ccc(C)cc1)CC2. The van der Waals surface area contributed by atoms with E-state index in [1.807, 2.05) is 31.2 Å². The lowest BCUT2D eigenvalue weighted by Gasteiger charge is -2.12. The zero-order chi connectivity index (χ0) is 23.5. The van der Waals surface area contributed by atoms with Crippen LogP contribution in [-0.2, 0) is 16.0 Å². The van der Waals surface area contributed by atoms with Crippen molar-refractivity contribution in [1.29, 1.82) is 5.26 Å². The number of nitrogens with two attached hydrogens (primary N) is 1. The number of hydrogen-bond acceptors (Lipinski definition) is 6. The van der Waals surface area contributed by atoms with Gasteiger partial charge >= 0.3 is 5.97 Å². The Morgan fingerprint density at radius 2 is 1.88 bits per heavy atom. The maximum atomic E-state index is 13.2. The minimum absolute atomic E-state index is 0.0969. The van der Waals surface area contributed by atoms with E-state index < -0.39 is 18.4 Å². The van der Waals surface area contributed by atoms with Gasteiger partial charge in [-0.3, -0.25) is 4.79 Å². The van der Waals surface area contributed by atoms with Crippen molar-refractivity contribution in [2.24, 2.45) is 5.73 Å². The summed E-state index contributed by atoms with van der Waals surface area (Å²) in [6.07, 6.45) is 3.49. The van der Waals surface area contributed by atoms with Gasteiger partial charge in [-0.15, -0.1) is 0 Å². The van der Waals surface area contributed by atoms with Crippen molar-refractivity contribution < 1.29 is 14.3 Å². The second kappa shape index (κ2) is 9.09. The molecule has 1 aliphatic rings. The number of fused-ring (bicyclic) bond motifs is 2. The van der Waals surface area contributed by atoms with Gasteiger partial charge in [-0.1, -0.05) is 48.0 Å². The Bertz CT molecular complexity index is 1370. The Labute approximate surface area is 192 Å². The smallest absolute Gasteiger partial charge is 0.339 e. The number of aryl methyl sites for hydroxylation is 1. The largest absolute Gasteiger partial charge is 0.454 e. The molecule has 6 nitrogen and oxygen atoms in total. The molecule has 2 N–H and O–H groups in total. The van der Waals surface area contributed by atoms with Crippen LogP contribution in [0.15, 0.2) is 59.8 Å². The lowest BCUT2D eigenvalue weighted by atomic mass is 10.0. The number of nitriles is 1. The van der Waals surface area contributed by atoms with Gasteiger partial charge in [0.1, 0.15) is 11.6 Å². The Hall–Kier alpha value is -4.24. The van der Waals surface area contributed by atoms with Crippen molar-refractivity contribution in [1.82, 2.24) is 4.98 Å². The van der Waals surface area contributed by atoms with E-state index in [-0.39, 0.29) is 11.3 Å². The summed E-state index contributed by atoms with van der Waals surface area (Å²) in [5.74, 6) is -1.23. The van der Waals surface area contributed by atoms with Crippen molar-refractivity contribution in [3.63, 3.8) is 0 Å². The van der Waals surface area contributed by atoms with Gasteiger partial charge in [0.2, 0.25) is 5.78 Å². The van der Waals surface area contributed by atoms with Crippen LogP contribution >= 0.6 is 0 Å². The van der Waals surface area contributed by atoms with Crippen LogP contribution in [0, 0.1) is 18.3 Å². The zero-order valence-electron chi connectivity index (χ0n) is 18.5. The van der Waals surface area contributed by atoms with Gasteiger partial charge in [0, 0.05) is 11.1 Å². The summed E-state index contributed by atoms with van der Waals surface area (Å²) in [5, 5.41) is 9.80. The van der Waals surface area contributed by atoms with Crippen molar-refractivity contribution in [2.75, 3.05) is 6.61 Å². The third-order valence-electron chi connectivity index (χ3n) is 5.68. The number of aromatic nitrogens is 1. The number of ketones is 1. The summed E-state index contributed by atoms with van der Waals surface area (Å²) >= 11 is 0. The van der Waals surface area contributed by atoms with Gasteiger partial charge in [0.05, 0.1) is 16.8 Å². The van der Waals surface area contributed by atoms with Crippen LogP contribution in [0.5, 0.6) is 0 Å². The molecule has 0 atom stereocenters. The summed E-state index contributed by atoms with van der Waals surface area (Å²) in [5.41, 5.74) is 11.5. The highest BCUT2D eigenvalue weighted by atomic mass is 16.5. The summed E-state index contributed by atoms with van der Waals surface area (Å²) in [6.45, 7) is 2.96. The number of allylic oxidation sites excluding steroid dienone is 2. The summed E-state index contributed by atoms with van der Waals surface area (Å²) < 4.78 is 5.35. The predicted molar refractivity (Wildman–Crippen MR) is 127 cm³/mol. The van der Waals surface area contributed by atoms with Crippen LogP contribution in [0.1, 0.15) is 46.1 Å². The molecular weight excluding hydrogens is 414 g/mol. The van der Waals surface area contributed by atoms with E-state index in [1.165, 1.54) is 12.5 Å². The molecule has 0 saturated heterocycles. The molecule has 0 amide bonds. The van der Waals surface area contributed by atoms with Crippen LogP contribution < -0.4 is 5.73 Å². The summed E-state index contributed by atoms with van der Waals surface area (Å²) in [7, 11) is 0. The lowest BCUT2D eigenvalue weighted by molar-refractivity contribution is -0.118. The lowest BCUT2D eigenvalue weighted by Crippen LogP contribution is -2.19. The molecule has 1 aromatic heterocycles. The van der Waals surface area contributed by atoms with Gasteiger partial charge < -0.3 is 10.5 Å². The van der Waals surface area contributed by atoms with Gasteiger partial charge in [-0.05, 0) is 55.5 Å². The van der Waals surface area contributed by atoms with E-state index in [0.717, 1.165) is 28.8 Å². The highest BCUT2D eigenvalue weighted by molar-refractivity contribution is 6.08. The first-order valence-electron chi connectivity index (χ1n) is 10.6. The van der Waals surface area contributed by atoms with Crippen molar-refractivity contribution >= 4 is 34.3 Å². The van der Waals surface area contributed by atoms with E-state index in [2.05, 4.69) is 30.3 Å². The van der Waals surface area contributed by atoms with Crippen molar-refractivity contribution in [2.45, 2.75) is 26.7 Å². The molecule has 33 heavy (non-hydrogen) atoms. The van der Waals surface area contributed by atoms with Crippen LogP contribution in [0.2, 0.25) is 0 Å². The first kappa shape index (κ1) is 22.0. The number of Topliss-reactive ketones (excluding diaryl/α,β-unsaturated/α-hetero) is 1. The van der Waals surface area contributed by atoms with E-state index >= 15 is 0 Å². The zero-order valence-corrected chi connectivity index (χ0v) is 18.5. The maximum absolute atomic E-state index is 13.2. The Balaban J connectivity index is 1.73. The summed E-state index contributed by atoms with van der Waals surface area (Å²) in [6, 6.07) is 17.4. The number of ether oxygens (including phenoxy) is 1. The first-order valence-corrected chi connectivity index (χ1v) is 10.6. The fraction of sp³-hybridized carbons (Fsp3) is 0.185. The molecule has 1 heterocycles.